The average molecular weight is 1490 g/mol. The van der Waals surface area contributed by atoms with Gasteiger partial charge >= 0.3 is 0 Å². The SMILES string of the molecule is CC(C)(C)c1ccc(Cc2cc3c4c(c2)N(CCc2c(-c5ccccc5)cc(-c5ccccc5)cc2-c2ccccc2)c2cc(-n5c6ccccc6c6ccccc65)ccc2B4c2ccc(-c4ccc5c6cccc7cccc(c8cccc4c85)c76)cc2N3CCc2c(-c3ccccc3)cc(-c3ccccc3)cc2-c2ccccc2)cc1. The van der Waals surface area contributed by atoms with E-state index >= 15 is 0 Å². The summed E-state index contributed by atoms with van der Waals surface area (Å²) in [6, 6.07) is 150. The van der Waals surface area contributed by atoms with Crippen LogP contribution in [0, 0.1) is 0 Å². The molecule has 0 bridgehead atoms. The van der Waals surface area contributed by atoms with Gasteiger partial charge in [0.05, 0.1) is 11.0 Å². The fourth-order valence-corrected chi connectivity index (χ4v) is 20.0. The summed E-state index contributed by atoms with van der Waals surface area (Å²) in [7, 11) is 0. The summed E-state index contributed by atoms with van der Waals surface area (Å²) in [5, 5.41) is 12.8. The largest absolute Gasteiger partial charge is 0.342 e. The third kappa shape index (κ3) is 12.0. The van der Waals surface area contributed by atoms with Crippen molar-refractivity contribution in [3.05, 3.63) is 422 Å². The maximum Gasteiger partial charge on any atom is 0.252 e. The van der Waals surface area contributed by atoms with Crippen molar-refractivity contribution in [2.75, 3.05) is 22.9 Å². The van der Waals surface area contributed by atoms with Gasteiger partial charge in [-0.25, -0.2) is 0 Å². The highest BCUT2D eigenvalue weighted by Crippen LogP contribution is 2.49. The van der Waals surface area contributed by atoms with E-state index in [1.807, 2.05) is 0 Å². The Labute approximate surface area is 684 Å². The number of anilines is 4. The molecule has 2 aliphatic heterocycles. The van der Waals surface area contributed by atoms with Crippen LogP contribution >= 0.6 is 0 Å². The maximum absolute atomic E-state index is 2.79. The van der Waals surface area contributed by atoms with E-state index in [0.29, 0.717) is 13.1 Å². The Balaban J connectivity index is 0.810. The van der Waals surface area contributed by atoms with Crippen molar-refractivity contribution in [2.45, 2.75) is 45.4 Å². The molecule has 117 heavy (non-hydrogen) atoms. The molecule has 0 saturated heterocycles. The van der Waals surface area contributed by atoms with Gasteiger partial charge in [-0.05, 0) is 257 Å². The van der Waals surface area contributed by atoms with Crippen LogP contribution in [0.25, 0.3) is 148 Å². The molecule has 554 valence electrons. The third-order valence-corrected chi connectivity index (χ3v) is 25.4. The first kappa shape index (κ1) is 69.6. The van der Waals surface area contributed by atoms with Gasteiger partial charge in [-0.2, -0.15) is 0 Å². The quantitative estimate of drug-likeness (QED) is 0.0543. The first-order valence-electron chi connectivity index (χ1n) is 41.5. The summed E-state index contributed by atoms with van der Waals surface area (Å²) in [6.45, 7) is 8.17. The van der Waals surface area contributed by atoms with Crippen molar-refractivity contribution in [3.8, 4) is 83.6 Å². The summed E-state index contributed by atoms with van der Waals surface area (Å²) in [6.07, 6.45) is 2.22. The van der Waals surface area contributed by atoms with Crippen molar-refractivity contribution in [1.82, 2.24) is 4.57 Å². The number of fused-ring (bicyclic) bond motifs is 9. The lowest BCUT2D eigenvalue weighted by atomic mass is 9.33. The van der Waals surface area contributed by atoms with Gasteiger partial charge in [-0.1, -0.05) is 348 Å². The van der Waals surface area contributed by atoms with Crippen LogP contribution in [0.4, 0.5) is 22.7 Å². The normalized spacial score (nSPS) is 12.5. The van der Waals surface area contributed by atoms with Crippen molar-refractivity contribution in [3.63, 3.8) is 0 Å². The minimum absolute atomic E-state index is 0.000346. The summed E-state index contributed by atoms with van der Waals surface area (Å²) in [4.78, 5) is 5.56. The van der Waals surface area contributed by atoms with Gasteiger partial charge in [0.1, 0.15) is 0 Å². The van der Waals surface area contributed by atoms with E-state index in [1.54, 1.807) is 0 Å². The second-order valence-electron chi connectivity index (χ2n) is 33.2. The predicted molar refractivity (Wildman–Crippen MR) is 500 cm³/mol. The minimum Gasteiger partial charge on any atom is -0.342 e. The Kier molecular flexibility index (Phi) is 17.0. The standard InChI is InChI=1S/C113H84BN3/c1-113(2,3)86-54-51-74(52-55-86)65-75-66-108-112-109(67-75)116(64-62-90-100(80-37-18-8-19-38-80)70-85(77-31-12-5-13-32-77)71-101(90)81-39-20-9-21-40-81)107-73-87(117-104-49-24-22-43-91(104)92-44-23-25-50-105(92)117)56-60-103(107)114(112)102-59-53-83(88-57-58-97-95-46-27-42-82-41-26-45-94(110(82)95)96-48-28-47-93(88)111(96)97)72-106(102)115(108)63-61-89-98(78-33-14-6-15-34-78)68-84(76-29-10-4-11-30-76)69-99(89)79-35-16-7-17-36-79/h4-60,66-73H,61-65H2,1-3H3. The topological polar surface area (TPSA) is 11.4 Å². The zero-order valence-corrected chi connectivity index (χ0v) is 66.0. The number of para-hydroxylation sites is 2. The Bertz CT molecular complexity index is 7000. The van der Waals surface area contributed by atoms with Crippen LogP contribution in [0.15, 0.2) is 394 Å². The van der Waals surface area contributed by atoms with Gasteiger partial charge in [-0.15, -0.1) is 0 Å². The van der Waals surface area contributed by atoms with Gasteiger partial charge in [0, 0.05) is 52.3 Å². The Hall–Kier alpha value is -14.1. The molecule has 19 aromatic carbocycles. The van der Waals surface area contributed by atoms with Gasteiger partial charge in [0.15, 0.2) is 0 Å². The molecule has 0 saturated carbocycles. The molecule has 22 rings (SSSR count). The number of benzene rings is 19. The number of aromatic nitrogens is 1. The van der Waals surface area contributed by atoms with Crippen LogP contribution in [0.1, 0.15) is 48.6 Å². The summed E-state index contributed by atoms with van der Waals surface area (Å²) in [5.74, 6) is 0. The molecular formula is C113H84BN3. The predicted octanol–water partition coefficient (Wildman–Crippen LogP) is 27.3. The lowest BCUT2D eigenvalue weighted by molar-refractivity contribution is 0.590. The first-order chi connectivity index (χ1) is 57.7. The number of hydrogen-bond donors (Lipinski definition) is 0. The Morgan fingerprint density at radius 1 is 0.265 bits per heavy atom. The highest BCUT2D eigenvalue weighted by atomic mass is 15.2. The molecular weight excluding hydrogens is 1410 g/mol. The maximum atomic E-state index is 2.79. The van der Waals surface area contributed by atoms with Crippen LogP contribution < -0.4 is 26.2 Å². The van der Waals surface area contributed by atoms with Gasteiger partial charge in [-0.3, -0.25) is 0 Å². The number of nitrogens with zero attached hydrogens (tertiary/aromatic N) is 3. The zero-order chi connectivity index (χ0) is 77.8. The van der Waals surface area contributed by atoms with Crippen LogP contribution in [0.3, 0.4) is 0 Å². The Morgan fingerprint density at radius 3 is 1.15 bits per heavy atom. The van der Waals surface area contributed by atoms with E-state index in [0.717, 1.165) is 24.9 Å². The van der Waals surface area contributed by atoms with Crippen LogP contribution in [0.2, 0.25) is 0 Å². The lowest BCUT2D eigenvalue weighted by Gasteiger charge is -2.45. The molecule has 0 atom stereocenters. The molecule has 0 fully saturated rings. The van der Waals surface area contributed by atoms with E-state index in [2.05, 4.69) is 429 Å². The molecule has 20 aromatic rings. The summed E-state index contributed by atoms with van der Waals surface area (Å²) in [5.41, 5.74) is 35.9. The highest BCUT2D eigenvalue weighted by Gasteiger charge is 2.44. The van der Waals surface area contributed by atoms with E-state index in [1.165, 1.54) is 210 Å². The third-order valence-electron chi connectivity index (χ3n) is 25.4. The molecule has 1 aromatic heterocycles. The van der Waals surface area contributed by atoms with Crippen molar-refractivity contribution < 1.29 is 0 Å². The van der Waals surface area contributed by atoms with Gasteiger partial charge < -0.3 is 14.4 Å². The van der Waals surface area contributed by atoms with Crippen LogP contribution in [0.5, 0.6) is 0 Å². The van der Waals surface area contributed by atoms with Gasteiger partial charge in [0.2, 0.25) is 0 Å². The van der Waals surface area contributed by atoms with E-state index in [-0.39, 0.29) is 12.1 Å². The van der Waals surface area contributed by atoms with E-state index in [9.17, 15) is 0 Å². The molecule has 0 amide bonds. The Morgan fingerprint density at radius 2 is 0.667 bits per heavy atom. The molecule has 0 aliphatic carbocycles. The van der Waals surface area contributed by atoms with Gasteiger partial charge in [0.25, 0.3) is 6.71 Å². The fraction of sp³-hybridized carbons (Fsp3) is 0.0796. The molecule has 0 radical (unpaired) electrons. The minimum atomic E-state index is -0.156. The smallest absolute Gasteiger partial charge is 0.252 e. The van der Waals surface area contributed by atoms with Crippen molar-refractivity contribution >= 4 is 111 Å². The molecule has 3 heterocycles. The van der Waals surface area contributed by atoms with E-state index < -0.39 is 0 Å². The molecule has 4 heteroatoms. The zero-order valence-electron chi connectivity index (χ0n) is 66.0. The molecule has 0 spiro atoms. The lowest BCUT2D eigenvalue weighted by Crippen LogP contribution is -2.62. The monoisotopic (exact) mass is 1490 g/mol. The fourth-order valence-electron chi connectivity index (χ4n) is 20.0. The second kappa shape index (κ2) is 28.5. The number of rotatable bonds is 16. The molecule has 3 nitrogen and oxygen atoms in total. The summed E-state index contributed by atoms with van der Waals surface area (Å²) < 4.78 is 2.52. The molecule has 0 unspecified atom stereocenters. The first-order valence-corrected chi connectivity index (χ1v) is 41.5. The number of hydrogen-bond acceptors (Lipinski definition) is 2. The summed E-state index contributed by atoms with van der Waals surface area (Å²) >= 11 is 0. The van der Waals surface area contributed by atoms with Crippen molar-refractivity contribution in [1.29, 1.82) is 0 Å². The van der Waals surface area contributed by atoms with Crippen LogP contribution in [-0.4, -0.2) is 24.4 Å². The van der Waals surface area contributed by atoms with E-state index in [4.69, 9.17) is 0 Å². The highest BCUT2D eigenvalue weighted by molar-refractivity contribution is 7.00. The van der Waals surface area contributed by atoms with Crippen LogP contribution in [-0.2, 0) is 24.7 Å². The molecule has 0 N–H and O–H groups in total. The average Bonchev–Trinajstić information content (AvgIpc) is 1.20. The second-order valence-corrected chi connectivity index (χ2v) is 33.2. The molecule has 2 aliphatic rings. The van der Waals surface area contributed by atoms with Crippen molar-refractivity contribution in [2.24, 2.45) is 0 Å².